The van der Waals surface area contributed by atoms with Crippen LogP contribution >= 0.6 is 0 Å². The van der Waals surface area contributed by atoms with Gasteiger partial charge in [0.1, 0.15) is 0 Å². The molecule has 1 saturated heterocycles. The monoisotopic (exact) mass is 326 g/mol. The van der Waals surface area contributed by atoms with Gasteiger partial charge in [0.15, 0.2) is 0 Å². The number of carbonyl (C=O) groups excluding carboxylic acids is 1. The molecule has 2 aliphatic rings. The van der Waals surface area contributed by atoms with Crippen molar-refractivity contribution in [1.82, 2.24) is 10.2 Å². The molecule has 1 aliphatic carbocycles. The van der Waals surface area contributed by atoms with E-state index in [1.807, 2.05) is 0 Å². The number of likely N-dealkylation sites (tertiary alicyclic amines) is 1. The Labute approximate surface area is 140 Å². The number of carbonyl (C=O) groups is 1. The van der Waals surface area contributed by atoms with Crippen molar-refractivity contribution < 1.29 is 14.6 Å². The lowest BCUT2D eigenvalue weighted by atomic mass is 9.82. The molecule has 5 nitrogen and oxygen atoms in total. The largest absolute Gasteiger partial charge is 0.389 e. The zero-order valence-electron chi connectivity index (χ0n) is 14.9. The fourth-order valence-electron chi connectivity index (χ4n) is 3.68. The Balaban J connectivity index is 1.62. The molecule has 0 aromatic rings. The van der Waals surface area contributed by atoms with Gasteiger partial charge >= 0.3 is 0 Å². The number of amides is 1. The third-order valence-corrected chi connectivity index (χ3v) is 5.09. The lowest BCUT2D eigenvalue weighted by Crippen LogP contribution is -2.47. The lowest BCUT2D eigenvalue weighted by Gasteiger charge is -2.34. The molecule has 2 N–H and O–H groups in total. The minimum absolute atomic E-state index is 0.0241. The Bertz CT molecular complexity index is 359. The van der Waals surface area contributed by atoms with Crippen molar-refractivity contribution in [3.8, 4) is 0 Å². The molecule has 0 aromatic heterocycles. The number of ether oxygens (including phenoxy) is 1. The number of hydrogen-bond donors (Lipinski definition) is 2. The maximum Gasteiger partial charge on any atom is 0.223 e. The summed E-state index contributed by atoms with van der Waals surface area (Å²) in [7, 11) is 0. The average molecular weight is 326 g/mol. The Morgan fingerprint density at radius 2 is 1.91 bits per heavy atom. The molecule has 0 aromatic carbocycles. The van der Waals surface area contributed by atoms with Crippen molar-refractivity contribution in [3.05, 3.63) is 0 Å². The quantitative estimate of drug-likeness (QED) is 0.752. The minimum atomic E-state index is -0.753. The number of piperidine rings is 1. The molecule has 134 valence electrons. The van der Waals surface area contributed by atoms with Crippen LogP contribution in [-0.4, -0.2) is 59.9 Å². The predicted octanol–water partition coefficient (Wildman–Crippen LogP) is 2.08. The highest BCUT2D eigenvalue weighted by Gasteiger charge is 2.32. The molecule has 23 heavy (non-hydrogen) atoms. The SMILES string of the molecule is CC(C)OCCN1CCC(NC(=O)CC2(O)CCCCC2)CC1. The van der Waals surface area contributed by atoms with Gasteiger partial charge in [0.05, 0.1) is 24.7 Å². The van der Waals surface area contributed by atoms with E-state index in [4.69, 9.17) is 4.74 Å². The van der Waals surface area contributed by atoms with E-state index in [-0.39, 0.29) is 24.5 Å². The van der Waals surface area contributed by atoms with Gasteiger partial charge in [0, 0.05) is 25.7 Å². The summed E-state index contributed by atoms with van der Waals surface area (Å²) < 4.78 is 5.59. The number of nitrogens with zero attached hydrogens (tertiary/aromatic N) is 1. The van der Waals surface area contributed by atoms with Gasteiger partial charge in [-0.05, 0) is 39.5 Å². The Morgan fingerprint density at radius 1 is 1.26 bits per heavy atom. The van der Waals surface area contributed by atoms with Crippen LogP contribution in [0.1, 0.15) is 65.2 Å². The van der Waals surface area contributed by atoms with Crippen LogP contribution in [-0.2, 0) is 9.53 Å². The van der Waals surface area contributed by atoms with Gasteiger partial charge in [0.2, 0.25) is 5.91 Å². The third kappa shape index (κ3) is 6.77. The van der Waals surface area contributed by atoms with Crippen LogP contribution in [0.25, 0.3) is 0 Å². The second kappa shape index (κ2) is 9.00. The van der Waals surface area contributed by atoms with Crippen LogP contribution in [0.5, 0.6) is 0 Å². The van der Waals surface area contributed by atoms with E-state index in [0.29, 0.717) is 0 Å². The summed E-state index contributed by atoms with van der Waals surface area (Å²) in [6.07, 6.45) is 7.36. The van der Waals surface area contributed by atoms with E-state index in [0.717, 1.165) is 64.8 Å². The van der Waals surface area contributed by atoms with Gasteiger partial charge < -0.3 is 20.1 Å². The van der Waals surface area contributed by atoms with Gasteiger partial charge in [-0.3, -0.25) is 4.79 Å². The minimum Gasteiger partial charge on any atom is -0.389 e. The first kappa shape index (κ1) is 18.7. The summed E-state index contributed by atoms with van der Waals surface area (Å²) in [5, 5.41) is 13.6. The van der Waals surface area contributed by atoms with Crippen molar-refractivity contribution >= 4 is 5.91 Å². The molecule has 0 spiro atoms. The second-order valence-electron chi connectivity index (χ2n) is 7.56. The van der Waals surface area contributed by atoms with Crippen molar-refractivity contribution in [2.24, 2.45) is 0 Å². The summed E-state index contributed by atoms with van der Waals surface area (Å²) in [4.78, 5) is 14.6. The predicted molar refractivity (Wildman–Crippen MR) is 91.3 cm³/mol. The zero-order valence-corrected chi connectivity index (χ0v) is 14.9. The maximum atomic E-state index is 12.2. The van der Waals surface area contributed by atoms with Crippen LogP contribution in [0.3, 0.4) is 0 Å². The van der Waals surface area contributed by atoms with Crippen LogP contribution in [0.2, 0.25) is 0 Å². The number of nitrogens with one attached hydrogen (secondary N) is 1. The molecule has 2 rings (SSSR count). The molecule has 0 unspecified atom stereocenters. The molecule has 1 aliphatic heterocycles. The highest BCUT2D eigenvalue weighted by Crippen LogP contribution is 2.30. The summed E-state index contributed by atoms with van der Waals surface area (Å²) >= 11 is 0. The van der Waals surface area contributed by atoms with Gasteiger partial charge in [-0.2, -0.15) is 0 Å². The van der Waals surface area contributed by atoms with Crippen LogP contribution < -0.4 is 5.32 Å². The van der Waals surface area contributed by atoms with E-state index in [2.05, 4.69) is 24.1 Å². The van der Waals surface area contributed by atoms with Crippen LogP contribution in [0, 0.1) is 0 Å². The van der Waals surface area contributed by atoms with E-state index < -0.39 is 5.60 Å². The summed E-state index contributed by atoms with van der Waals surface area (Å²) in [6, 6.07) is 0.261. The highest BCUT2D eigenvalue weighted by molar-refractivity contribution is 5.77. The van der Waals surface area contributed by atoms with Gasteiger partial charge in [-0.1, -0.05) is 19.3 Å². The van der Waals surface area contributed by atoms with Crippen LogP contribution in [0.15, 0.2) is 0 Å². The van der Waals surface area contributed by atoms with Gasteiger partial charge in [-0.25, -0.2) is 0 Å². The lowest BCUT2D eigenvalue weighted by molar-refractivity contribution is -0.128. The molecule has 1 heterocycles. The van der Waals surface area contributed by atoms with E-state index >= 15 is 0 Å². The molecule has 2 fully saturated rings. The van der Waals surface area contributed by atoms with Crippen molar-refractivity contribution in [2.45, 2.75) is 83.0 Å². The molecule has 1 saturated carbocycles. The van der Waals surface area contributed by atoms with E-state index in [1.54, 1.807) is 0 Å². The van der Waals surface area contributed by atoms with Crippen molar-refractivity contribution in [2.75, 3.05) is 26.2 Å². The van der Waals surface area contributed by atoms with E-state index in [9.17, 15) is 9.90 Å². The molecular weight excluding hydrogens is 292 g/mol. The molecule has 5 heteroatoms. The average Bonchev–Trinajstić information content (AvgIpc) is 2.49. The second-order valence-corrected chi connectivity index (χ2v) is 7.56. The highest BCUT2D eigenvalue weighted by atomic mass is 16.5. The fourth-order valence-corrected chi connectivity index (χ4v) is 3.68. The Morgan fingerprint density at radius 3 is 2.52 bits per heavy atom. The van der Waals surface area contributed by atoms with Gasteiger partial charge in [-0.15, -0.1) is 0 Å². The van der Waals surface area contributed by atoms with Crippen LogP contribution in [0.4, 0.5) is 0 Å². The smallest absolute Gasteiger partial charge is 0.223 e. The molecule has 1 amide bonds. The third-order valence-electron chi connectivity index (χ3n) is 5.09. The first-order valence-corrected chi connectivity index (χ1v) is 9.32. The van der Waals surface area contributed by atoms with Gasteiger partial charge in [0.25, 0.3) is 0 Å². The normalized spacial score (nSPS) is 23.1. The summed E-state index contributed by atoms with van der Waals surface area (Å²) in [6.45, 7) is 7.89. The maximum absolute atomic E-state index is 12.2. The summed E-state index contributed by atoms with van der Waals surface area (Å²) in [5.41, 5.74) is -0.753. The molecule has 0 atom stereocenters. The first-order valence-electron chi connectivity index (χ1n) is 9.32. The molecule has 0 radical (unpaired) electrons. The standard InChI is InChI=1S/C18H34N2O3/c1-15(2)23-13-12-20-10-6-16(7-11-20)19-17(21)14-18(22)8-4-3-5-9-18/h15-16,22H,3-14H2,1-2H3,(H,19,21). The van der Waals surface area contributed by atoms with E-state index in [1.165, 1.54) is 6.42 Å². The molecule has 0 bridgehead atoms. The number of hydrogen-bond acceptors (Lipinski definition) is 4. The first-order chi connectivity index (χ1) is 11.0. The van der Waals surface area contributed by atoms with Crippen molar-refractivity contribution in [1.29, 1.82) is 0 Å². The number of rotatable bonds is 7. The van der Waals surface area contributed by atoms with Crippen molar-refractivity contribution in [3.63, 3.8) is 0 Å². The molecular formula is C18H34N2O3. The number of aliphatic hydroxyl groups is 1. The Kier molecular flexibility index (Phi) is 7.31. The fraction of sp³-hybridized carbons (Fsp3) is 0.944. The topological polar surface area (TPSA) is 61.8 Å². The summed E-state index contributed by atoms with van der Waals surface area (Å²) in [5.74, 6) is 0.0241. The zero-order chi connectivity index (χ0) is 16.7. The Hall–Kier alpha value is -0.650.